The summed E-state index contributed by atoms with van der Waals surface area (Å²) in [6.07, 6.45) is 2.88. The molecule has 0 bridgehead atoms. The summed E-state index contributed by atoms with van der Waals surface area (Å²) in [4.78, 5) is 24.4. The van der Waals surface area contributed by atoms with Crippen LogP contribution in [0.5, 0.6) is 0 Å². The van der Waals surface area contributed by atoms with Crippen molar-refractivity contribution >= 4 is 11.8 Å². The standard InChI is InChI=1S/C10H12N2O3/c11-9(13)7-3-1-5-12(7)10(14)8-4-2-6-15-8/h2,4,6-7H,1,3,5H2,(H2,11,13)/t7-/m0/s1. The quantitative estimate of drug-likeness (QED) is 0.762. The van der Waals surface area contributed by atoms with Crippen LogP contribution in [0.25, 0.3) is 0 Å². The number of furan rings is 1. The van der Waals surface area contributed by atoms with Crippen molar-refractivity contribution in [2.75, 3.05) is 6.54 Å². The molecule has 5 nitrogen and oxygen atoms in total. The van der Waals surface area contributed by atoms with E-state index >= 15 is 0 Å². The van der Waals surface area contributed by atoms with Crippen LogP contribution in [0.1, 0.15) is 23.4 Å². The molecule has 15 heavy (non-hydrogen) atoms. The Bertz CT molecular complexity index is 372. The second-order valence-electron chi connectivity index (χ2n) is 3.54. The molecule has 1 atom stereocenters. The van der Waals surface area contributed by atoms with E-state index in [1.165, 1.54) is 11.2 Å². The Morgan fingerprint density at radius 3 is 2.93 bits per heavy atom. The van der Waals surface area contributed by atoms with E-state index in [2.05, 4.69) is 0 Å². The van der Waals surface area contributed by atoms with Gasteiger partial charge in [0, 0.05) is 6.54 Å². The summed E-state index contributed by atoms with van der Waals surface area (Å²) in [5.41, 5.74) is 5.22. The molecule has 1 saturated heterocycles. The fourth-order valence-electron chi connectivity index (χ4n) is 1.85. The number of carbonyl (C=O) groups is 2. The lowest BCUT2D eigenvalue weighted by Gasteiger charge is -2.20. The Morgan fingerprint density at radius 2 is 2.33 bits per heavy atom. The summed E-state index contributed by atoms with van der Waals surface area (Å²) >= 11 is 0. The molecule has 0 spiro atoms. The van der Waals surface area contributed by atoms with E-state index < -0.39 is 11.9 Å². The Kier molecular flexibility index (Phi) is 2.45. The Morgan fingerprint density at radius 1 is 1.53 bits per heavy atom. The molecule has 5 heteroatoms. The van der Waals surface area contributed by atoms with E-state index in [-0.39, 0.29) is 11.7 Å². The minimum absolute atomic E-state index is 0.253. The summed E-state index contributed by atoms with van der Waals surface area (Å²) in [7, 11) is 0. The lowest BCUT2D eigenvalue weighted by molar-refractivity contribution is -0.121. The molecular formula is C10H12N2O3. The molecule has 0 aliphatic carbocycles. The summed E-state index contributed by atoms with van der Waals surface area (Å²) in [6, 6.07) is 2.74. The fourth-order valence-corrected chi connectivity index (χ4v) is 1.85. The molecule has 2 amide bonds. The summed E-state index contributed by atoms with van der Waals surface area (Å²) in [6.45, 7) is 0.563. The summed E-state index contributed by atoms with van der Waals surface area (Å²) in [5.74, 6) is -0.461. The molecule has 0 aromatic carbocycles. The van der Waals surface area contributed by atoms with Gasteiger partial charge in [-0.25, -0.2) is 0 Å². The van der Waals surface area contributed by atoms with Crippen LogP contribution in [-0.4, -0.2) is 29.3 Å². The van der Waals surface area contributed by atoms with Crippen molar-refractivity contribution in [1.29, 1.82) is 0 Å². The number of hydrogen-bond acceptors (Lipinski definition) is 3. The van der Waals surface area contributed by atoms with Gasteiger partial charge in [0.05, 0.1) is 6.26 Å². The van der Waals surface area contributed by atoms with Crippen LogP contribution in [0.15, 0.2) is 22.8 Å². The maximum Gasteiger partial charge on any atom is 0.290 e. The van der Waals surface area contributed by atoms with Gasteiger partial charge < -0.3 is 15.1 Å². The van der Waals surface area contributed by atoms with Crippen LogP contribution in [-0.2, 0) is 4.79 Å². The molecule has 1 fully saturated rings. The van der Waals surface area contributed by atoms with Crippen molar-refractivity contribution < 1.29 is 14.0 Å². The topological polar surface area (TPSA) is 76.5 Å². The van der Waals surface area contributed by atoms with E-state index in [4.69, 9.17) is 10.2 Å². The van der Waals surface area contributed by atoms with Crippen LogP contribution in [0.3, 0.4) is 0 Å². The van der Waals surface area contributed by atoms with Gasteiger partial charge in [-0.2, -0.15) is 0 Å². The minimum atomic E-state index is -0.484. The largest absolute Gasteiger partial charge is 0.459 e. The van der Waals surface area contributed by atoms with Crippen molar-refractivity contribution in [3.63, 3.8) is 0 Å². The lowest BCUT2D eigenvalue weighted by Crippen LogP contribution is -2.43. The smallest absolute Gasteiger partial charge is 0.290 e. The first-order valence-electron chi connectivity index (χ1n) is 4.84. The van der Waals surface area contributed by atoms with Crippen LogP contribution >= 0.6 is 0 Å². The number of nitrogens with two attached hydrogens (primary N) is 1. The van der Waals surface area contributed by atoms with Gasteiger partial charge in [0.1, 0.15) is 6.04 Å². The predicted octanol–water partition coefficient (Wildman–Crippen LogP) is 0.369. The maximum absolute atomic E-state index is 11.8. The zero-order valence-corrected chi connectivity index (χ0v) is 8.18. The summed E-state index contributed by atoms with van der Waals surface area (Å²) < 4.78 is 4.99. The van der Waals surface area contributed by atoms with Crippen molar-refractivity contribution in [2.24, 2.45) is 5.73 Å². The van der Waals surface area contributed by atoms with Crippen LogP contribution in [0.2, 0.25) is 0 Å². The molecule has 2 rings (SSSR count). The van der Waals surface area contributed by atoms with E-state index in [0.29, 0.717) is 13.0 Å². The van der Waals surface area contributed by atoms with Crippen LogP contribution < -0.4 is 5.73 Å². The maximum atomic E-state index is 11.8. The van der Waals surface area contributed by atoms with E-state index in [1.807, 2.05) is 0 Å². The SMILES string of the molecule is NC(=O)[C@@H]1CCCN1C(=O)c1ccco1. The average Bonchev–Trinajstić information content (AvgIpc) is 2.88. The van der Waals surface area contributed by atoms with Gasteiger partial charge in [-0.05, 0) is 25.0 Å². The number of rotatable bonds is 2. The first kappa shape index (κ1) is 9.76. The highest BCUT2D eigenvalue weighted by Crippen LogP contribution is 2.19. The molecule has 0 saturated carbocycles. The molecule has 1 aliphatic rings. The van der Waals surface area contributed by atoms with Gasteiger partial charge in [0.25, 0.3) is 5.91 Å². The number of primary amides is 1. The second kappa shape index (κ2) is 3.76. The molecule has 1 aromatic rings. The van der Waals surface area contributed by atoms with Crippen molar-refractivity contribution in [2.45, 2.75) is 18.9 Å². The summed E-state index contributed by atoms with van der Waals surface area (Å²) in [5, 5.41) is 0. The molecule has 2 N–H and O–H groups in total. The monoisotopic (exact) mass is 208 g/mol. The van der Waals surface area contributed by atoms with E-state index in [1.54, 1.807) is 12.1 Å². The predicted molar refractivity (Wildman–Crippen MR) is 52.0 cm³/mol. The first-order chi connectivity index (χ1) is 7.20. The molecule has 1 aromatic heterocycles. The molecular weight excluding hydrogens is 196 g/mol. The van der Waals surface area contributed by atoms with Gasteiger partial charge in [0.2, 0.25) is 5.91 Å². The van der Waals surface area contributed by atoms with Gasteiger partial charge in [-0.15, -0.1) is 0 Å². The first-order valence-corrected chi connectivity index (χ1v) is 4.84. The Hall–Kier alpha value is -1.78. The van der Waals surface area contributed by atoms with Crippen LogP contribution in [0.4, 0.5) is 0 Å². The third kappa shape index (κ3) is 1.72. The highest BCUT2D eigenvalue weighted by molar-refractivity contribution is 5.95. The highest BCUT2D eigenvalue weighted by atomic mass is 16.3. The third-order valence-corrected chi connectivity index (χ3v) is 2.57. The number of likely N-dealkylation sites (tertiary alicyclic amines) is 1. The van der Waals surface area contributed by atoms with Crippen molar-refractivity contribution in [3.8, 4) is 0 Å². The molecule has 80 valence electrons. The number of amides is 2. The second-order valence-corrected chi connectivity index (χ2v) is 3.54. The van der Waals surface area contributed by atoms with Gasteiger partial charge in [-0.3, -0.25) is 9.59 Å². The van der Waals surface area contributed by atoms with Crippen molar-refractivity contribution in [3.05, 3.63) is 24.2 Å². The molecule has 1 aliphatic heterocycles. The number of hydrogen-bond donors (Lipinski definition) is 1. The van der Waals surface area contributed by atoms with Crippen molar-refractivity contribution in [1.82, 2.24) is 4.90 Å². The molecule has 2 heterocycles. The van der Waals surface area contributed by atoms with Gasteiger partial charge in [-0.1, -0.05) is 0 Å². The Labute approximate surface area is 86.8 Å². The van der Waals surface area contributed by atoms with E-state index in [9.17, 15) is 9.59 Å². The molecule has 0 unspecified atom stereocenters. The zero-order chi connectivity index (χ0) is 10.8. The van der Waals surface area contributed by atoms with Crippen LogP contribution in [0, 0.1) is 0 Å². The highest BCUT2D eigenvalue weighted by Gasteiger charge is 2.33. The normalized spacial score (nSPS) is 20.5. The fraction of sp³-hybridized carbons (Fsp3) is 0.400. The average molecular weight is 208 g/mol. The number of carbonyl (C=O) groups excluding carboxylic acids is 2. The zero-order valence-electron chi connectivity index (χ0n) is 8.18. The third-order valence-electron chi connectivity index (χ3n) is 2.57. The minimum Gasteiger partial charge on any atom is -0.459 e. The molecule has 0 radical (unpaired) electrons. The van der Waals surface area contributed by atoms with E-state index in [0.717, 1.165) is 6.42 Å². The lowest BCUT2D eigenvalue weighted by atomic mass is 10.2. The number of nitrogens with zero attached hydrogens (tertiary/aromatic N) is 1. The van der Waals surface area contributed by atoms with Gasteiger partial charge >= 0.3 is 0 Å². The van der Waals surface area contributed by atoms with Gasteiger partial charge in [0.15, 0.2) is 5.76 Å². The Balaban J connectivity index is 2.17.